The minimum absolute atomic E-state index is 0.655. The maximum atomic E-state index is 3.34. The first kappa shape index (κ1) is 7.87. The molecule has 0 spiro atoms. The van der Waals surface area contributed by atoms with Crippen molar-refractivity contribution in [2.45, 2.75) is 25.8 Å². The van der Waals surface area contributed by atoms with Gasteiger partial charge in [-0.1, -0.05) is 6.92 Å². The average molecular weight is 165 g/mol. The van der Waals surface area contributed by atoms with Crippen LogP contribution >= 0.6 is 0 Å². The van der Waals surface area contributed by atoms with Crippen molar-refractivity contribution in [1.82, 2.24) is 4.98 Å². The van der Waals surface area contributed by atoms with Crippen LogP contribution in [0.2, 0.25) is 0 Å². The molecule has 3 atom stereocenters. The molecule has 2 rings (SSSR count). The van der Waals surface area contributed by atoms with E-state index < -0.39 is 0 Å². The lowest BCUT2D eigenvalue weighted by Gasteiger charge is -2.30. The summed E-state index contributed by atoms with van der Waals surface area (Å²) in [6.45, 7) is 5.84. The van der Waals surface area contributed by atoms with E-state index in [4.69, 9.17) is 0 Å². The molecule has 66 valence electrons. The van der Waals surface area contributed by atoms with E-state index in [2.05, 4.69) is 38.1 Å². The van der Waals surface area contributed by atoms with E-state index in [-0.39, 0.29) is 0 Å². The summed E-state index contributed by atoms with van der Waals surface area (Å²) in [4.78, 5) is 4.96. The van der Waals surface area contributed by atoms with Crippen LogP contribution in [0.15, 0.2) is 12.3 Å². The third-order valence-corrected chi connectivity index (χ3v) is 3.14. The summed E-state index contributed by atoms with van der Waals surface area (Å²) in [5, 5.41) is 0. The highest BCUT2D eigenvalue weighted by Crippen LogP contribution is 2.24. The summed E-state index contributed by atoms with van der Waals surface area (Å²) in [6.07, 6.45) is 2.07. The number of hydrogen-bond acceptors (Lipinski definition) is 0. The molecule has 1 unspecified atom stereocenters. The number of rotatable bonds is 0. The lowest BCUT2D eigenvalue weighted by Crippen LogP contribution is -3.10. The van der Waals surface area contributed by atoms with Gasteiger partial charge < -0.3 is 9.88 Å². The molecule has 0 aromatic carbocycles. The minimum Gasteiger partial charge on any atom is -0.364 e. The number of aromatic amines is 1. The molecule has 0 radical (unpaired) electrons. The molecule has 0 saturated carbocycles. The first-order valence-electron chi connectivity index (χ1n) is 4.69. The second-order valence-corrected chi connectivity index (χ2v) is 4.02. The minimum atomic E-state index is 0.655. The number of quaternary nitrogens is 1. The monoisotopic (exact) mass is 165 g/mol. The summed E-state index contributed by atoms with van der Waals surface area (Å²) in [5.41, 5.74) is 2.96. The van der Waals surface area contributed by atoms with Crippen LogP contribution in [-0.4, -0.2) is 18.6 Å². The van der Waals surface area contributed by atoms with Gasteiger partial charge in [-0.05, 0) is 13.0 Å². The molecule has 0 bridgehead atoms. The molecule has 12 heavy (non-hydrogen) atoms. The SMILES string of the molecule is C[C@@H]1C[NH+](C)[C@H](C)c2cc[nH]c21. The van der Waals surface area contributed by atoms with E-state index in [9.17, 15) is 0 Å². The van der Waals surface area contributed by atoms with Crippen LogP contribution in [0.25, 0.3) is 0 Å². The highest BCUT2D eigenvalue weighted by atomic mass is 15.1. The van der Waals surface area contributed by atoms with Crippen molar-refractivity contribution >= 4 is 0 Å². The molecule has 1 aliphatic heterocycles. The Labute approximate surface area is 73.6 Å². The van der Waals surface area contributed by atoms with Crippen molar-refractivity contribution in [3.63, 3.8) is 0 Å². The van der Waals surface area contributed by atoms with Crippen molar-refractivity contribution < 1.29 is 4.90 Å². The zero-order chi connectivity index (χ0) is 8.72. The molecule has 2 heterocycles. The van der Waals surface area contributed by atoms with Crippen LogP contribution in [0.4, 0.5) is 0 Å². The summed E-state index contributed by atoms with van der Waals surface area (Å²) >= 11 is 0. The van der Waals surface area contributed by atoms with Crippen molar-refractivity contribution in [2.75, 3.05) is 13.6 Å². The van der Waals surface area contributed by atoms with E-state index in [0.717, 1.165) is 0 Å². The molecule has 2 nitrogen and oxygen atoms in total. The number of aromatic nitrogens is 1. The van der Waals surface area contributed by atoms with Gasteiger partial charge in [0.1, 0.15) is 6.04 Å². The van der Waals surface area contributed by atoms with Crippen LogP contribution in [0.5, 0.6) is 0 Å². The predicted molar refractivity (Wildman–Crippen MR) is 49.4 cm³/mol. The molecule has 1 aliphatic rings. The Hall–Kier alpha value is -0.760. The Morgan fingerprint density at radius 3 is 3.00 bits per heavy atom. The fourth-order valence-corrected chi connectivity index (χ4v) is 2.23. The summed E-state index contributed by atoms with van der Waals surface area (Å²) in [6, 6.07) is 2.88. The fourth-order valence-electron chi connectivity index (χ4n) is 2.23. The van der Waals surface area contributed by atoms with Crippen LogP contribution < -0.4 is 4.90 Å². The van der Waals surface area contributed by atoms with E-state index >= 15 is 0 Å². The first-order chi connectivity index (χ1) is 5.70. The lowest BCUT2D eigenvalue weighted by molar-refractivity contribution is -0.914. The summed E-state index contributed by atoms with van der Waals surface area (Å²) in [7, 11) is 2.27. The van der Waals surface area contributed by atoms with Gasteiger partial charge >= 0.3 is 0 Å². The molecule has 1 aromatic rings. The summed E-state index contributed by atoms with van der Waals surface area (Å²) < 4.78 is 0. The Morgan fingerprint density at radius 1 is 1.50 bits per heavy atom. The second-order valence-electron chi connectivity index (χ2n) is 4.02. The third kappa shape index (κ3) is 0.985. The smallest absolute Gasteiger partial charge is 0.112 e. The standard InChI is InChI=1S/C10H16N2/c1-7-6-12(3)8(2)9-4-5-11-10(7)9/h4-5,7-8,11H,6H2,1-3H3/p+1/t7-,8-/m1/s1. The number of likely N-dealkylation sites (N-methyl/N-ethyl adjacent to an activating group) is 1. The van der Waals surface area contributed by atoms with E-state index in [1.807, 2.05) is 0 Å². The van der Waals surface area contributed by atoms with Crippen LogP contribution in [-0.2, 0) is 0 Å². The molecule has 0 aliphatic carbocycles. The highest BCUT2D eigenvalue weighted by Gasteiger charge is 2.29. The normalized spacial score (nSPS) is 34.8. The van der Waals surface area contributed by atoms with Crippen molar-refractivity contribution in [3.8, 4) is 0 Å². The van der Waals surface area contributed by atoms with E-state index in [1.54, 1.807) is 4.90 Å². The van der Waals surface area contributed by atoms with Crippen LogP contribution in [0.3, 0.4) is 0 Å². The average Bonchev–Trinajstić information content (AvgIpc) is 2.48. The van der Waals surface area contributed by atoms with Gasteiger partial charge in [0.25, 0.3) is 0 Å². The molecule has 0 amide bonds. The molecular formula is C10H17N2+. The number of fused-ring (bicyclic) bond motifs is 1. The van der Waals surface area contributed by atoms with Gasteiger partial charge in [0.15, 0.2) is 0 Å². The Morgan fingerprint density at radius 2 is 2.25 bits per heavy atom. The Bertz CT molecular complexity index is 277. The Balaban J connectivity index is 2.43. The topological polar surface area (TPSA) is 20.2 Å². The highest BCUT2D eigenvalue weighted by molar-refractivity contribution is 5.27. The largest absolute Gasteiger partial charge is 0.364 e. The van der Waals surface area contributed by atoms with E-state index in [0.29, 0.717) is 12.0 Å². The van der Waals surface area contributed by atoms with Gasteiger partial charge in [-0.2, -0.15) is 0 Å². The van der Waals surface area contributed by atoms with Crippen molar-refractivity contribution in [1.29, 1.82) is 0 Å². The molecule has 2 N–H and O–H groups in total. The lowest BCUT2D eigenvalue weighted by atomic mass is 9.94. The first-order valence-corrected chi connectivity index (χ1v) is 4.69. The van der Waals surface area contributed by atoms with Gasteiger partial charge in [-0.25, -0.2) is 0 Å². The van der Waals surface area contributed by atoms with Gasteiger partial charge in [-0.3, -0.25) is 0 Å². The number of H-pyrrole nitrogens is 1. The van der Waals surface area contributed by atoms with E-state index in [1.165, 1.54) is 17.8 Å². The molecule has 1 aromatic heterocycles. The van der Waals surface area contributed by atoms with Crippen LogP contribution in [0, 0.1) is 0 Å². The Kier molecular flexibility index (Phi) is 1.72. The molecule has 2 heteroatoms. The van der Waals surface area contributed by atoms with Gasteiger partial charge in [-0.15, -0.1) is 0 Å². The summed E-state index contributed by atoms with van der Waals surface area (Å²) in [5.74, 6) is 0.686. The second kappa shape index (κ2) is 2.63. The molecule has 0 fully saturated rings. The van der Waals surface area contributed by atoms with Crippen LogP contribution in [0.1, 0.15) is 37.1 Å². The van der Waals surface area contributed by atoms with Crippen molar-refractivity contribution in [2.24, 2.45) is 0 Å². The zero-order valence-electron chi connectivity index (χ0n) is 8.02. The fraction of sp³-hybridized carbons (Fsp3) is 0.600. The molecular weight excluding hydrogens is 148 g/mol. The maximum absolute atomic E-state index is 3.34. The number of nitrogens with one attached hydrogen (secondary N) is 2. The van der Waals surface area contributed by atoms with Crippen molar-refractivity contribution in [3.05, 3.63) is 23.5 Å². The number of hydrogen-bond donors (Lipinski definition) is 2. The zero-order valence-corrected chi connectivity index (χ0v) is 8.02. The maximum Gasteiger partial charge on any atom is 0.112 e. The van der Waals surface area contributed by atoms with Gasteiger partial charge in [0, 0.05) is 23.4 Å². The quantitative estimate of drug-likeness (QED) is 0.564. The van der Waals surface area contributed by atoms with Gasteiger partial charge in [0.2, 0.25) is 0 Å². The third-order valence-electron chi connectivity index (χ3n) is 3.14. The van der Waals surface area contributed by atoms with Gasteiger partial charge in [0.05, 0.1) is 13.6 Å². The predicted octanol–water partition coefficient (Wildman–Crippen LogP) is 0.707. The molecule has 0 saturated heterocycles.